The number of carboxylic acid groups (broad SMARTS) is 2. The summed E-state index contributed by atoms with van der Waals surface area (Å²) in [6.45, 7) is 4.56. The van der Waals surface area contributed by atoms with Gasteiger partial charge in [-0.1, -0.05) is 48.2 Å². The van der Waals surface area contributed by atoms with Crippen molar-refractivity contribution in [3.05, 3.63) is 83.4 Å². The number of ether oxygens (including phenoxy) is 1. The van der Waals surface area contributed by atoms with Crippen molar-refractivity contribution in [2.24, 2.45) is 5.92 Å². The number of piperidine rings is 1. The van der Waals surface area contributed by atoms with Crippen LogP contribution in [0, 0.1) is 12.8 Å². The number of nitrogens with zero attached hydrogens (tertiary/aromatic N) is 3. The maximum atomic E-state index is 14.1. The number of halogens is 6. The molecule has 2 aliphatic heterocycles. The van der Waals surface area contributed by atoms with Crippen molar-refractivity contribution in [2.45, 2.75) is 48.8 Å². The molecule has 4 heterocycles. The summed E-state index contributed by atoms with van der Waals surface area (Å²) in [5, 5.41) is 24.4. The number of anilines is 3. The average Bonchev–Trinajstić information content (AvgIpc) is 3.74. The van der Waals surface area contributed by atoms with E-state index in [1.54, 1.807) is 11.8 Å². The maximum Gasteiger partial charge on any atom is 0.490 e. The van der Waals surface area contributed by atoms with Crippen molar-refractivity contribution in [1.82, 2.24) is 15.3 Å². The lowest BCUT2D eigenvalue weighted by Gasteiger charge is -2.32. The lowest BCUT2D eigenvalue weighted by Crippen LogP contribution is -2.43. The highest BCUT2D eigenvalue weighted by Crippen LogP contribution is 2.39. The molecule has 4 N–H and O–H groups in total. The summed E-state index contributed by atoms with van der Waals surface area (Å²) >= 11 is 3.09. The van der Waals surface area contributed by atoms with E-state index < -0.39 is 24.3 Å². The monoisotopic (exact) mass is 785 g/mol. The first-order valence-corrected chi connectivity index (χ1v) is 17.6. The molecule has 0 saturated carbocycles. The lowest BCUT2D eigenvalue weighted by atomic mass is 9.93. The Bertz CT molecular complexity index is 1830. The van der Waals surface area contributed by atoms with E-state index in [2.05, 4.69) is 27.8 Å². The molecule has 1 unspecified atom stereocenters. The second kappa shape index (κ2) is 18.2. The van der Waals surface area contributed by atoms with Gasteiger partial charge in [-0.25, -0.2) is 19.6 Å². The molecular formula is C34H33F6N5O6S2. The summed E-state index contributed by atoms with van der Waals surface area (Å²) in [5.74, 6) is -3.14. The fourth-order valence-corrected chi connectivity index (χ4v) is 7.07. The van der Waals surface area contributed by atoms with Crippen LogP contribution in [0.15, 0.2) is 77.1 Å². The van der Waals surface area contributed by atoms with Gasteiger partial charge in [0.05, 0.1) is 16.0 Å². The lowest BCUT2D eigenvalue weighted by molar-refractivity contribution is -0.193. The van der Waals surface area contributed by atoms with Crippen LogP contribution in [0.5, 0.6) is 11.5 Å². The largest absolute Gasteiger partial charge is 0.490 e. The van der Waals surface area contributed by atoms with Gasteiger partial charge in [-0.05, 0) is 81.1 Å². The van der Waals surface area contributed by atoms with Gasteiger partial charge in [0.1, 0.15) is 5.75 Å². The number of thiazole rings is 1. The molecule has 11 nitrogen and oxygen atoms in total. The van der Waals surface area contributed by atoms with Crippen LogP contribution >= 0.6 is 23.1 Å². The Labute approximate surface area is 307 Å². The van der Waals surface area contributed by atoms with Crippen LogP contribution in [0.1, 0.15) is 24.1 Å². The molecule has 4 aromatic rings. The van der Waals surface area contributed by atoms with E-state index in [-0.39, 0.29) is 17.1 Å². The Morgan fingerprint density at radius 1 is 0.925 bits per heavy atom. The van der Waals surface area contributed by atoms with E-state index in [0.717, 1.165) is 66.2 Å². The van der Waals surface area contributed by atoms with Crippen molar-refractivity contribution in [2.75, 3.05) is 29.9 Å². The first-order chi connectivity index (χ1) is 25.0. The van der Waals surface area contributed by atoms with E-state index in [0.29, 0.717) is 11.6 Å². The molecule has 1 saturated heterocycles. The highest BCUT2D eigenvalue weighted by Gasteiger charge is 2.39. The second-order valence-electron chi connectivity index (χ2n) is 11.4. The van der Waals surface area contributed by atoms with Gasteiger partial charge in [-0.15, -0.1) is 11.3 Å². The van der Waals surface area contributed by atoms with Crippen molar-refractivity contribution in [3.63, 3.8) is 0 Å². The molecule has 284 valence electrons. The van der Waals surface area contributed by atoms with E-state index in [1.807, 2.05) is 71.8 Å². The number of fused-ring (bicyclic) bond motifs is 1. The summed E-state index contributed by atoms with van der Waals surface area (Å²) in [7, 11) is 0. The Morgan fingerprint density at radius 3 is 2.11 bits per heavy atom. The summed E-state index contributed by atoms with van der Waals surface area (Å²) in [6.07, 6.45) is -7.33. The molecule has 53 heavy (non-hydrogen) atoms. The number of carboxylic acids is 2. The van der Waals surface area contributed by atoms with Gasteiger partial charge in [0.25, 0.3) is 0 Å². The average molecular weight is 786 g/mol. The number of carbonyl (C=O) groups is 3. The van der Waals surface area contributed by atoms with Gasteiger partial charge < -0.3 is 30.5 Å². The topological polar surface area (TPSA) is 154 Å². The number of pyridine rings is 1. The van der Waals surface area contributed by atoms with Gasteiger partial charge in [0, 0.05) is 17.6 Å². The van der Waals surface area contributed by atoms with Gasteiger partial charge in [0.2, 0.25) is 5.91 Å². The minimum absolute atomic E-state index is 0.174. The molecule has 1 atom stereocenters. The van der Waals surface area contributed by atoms with Crippen LogP contribution in [0.2, 0.25) is 0 Å². The molecule has 0 aliphatic carbocycles. The van der Waals surface area contributed by atoms with Gasteiger partial charge in [0.15, 0.2) is 16.7 Å². The van der Waals surface area contributed by atoms with Crippen LogP contribution in [0.3, 0.4) is 0 Å². The van der Waals surface area contributed by atoms with E-state index in [1.165, 1.54) is 16.9 Å². The number of thioether (sulfide) groups is 1. The Hall–Kier alpha value is -4.88. The molecule has 2 aromatic heterocycles. The summed E-state index contributed by atoms with van der Waals surface area (Å²) in [4.78, 5) is 43.4. The van der Waals surface area contributed by atoms with Crippen LogP contribution in [0.4, 0.5) is 43.0 Å². The number of alkyl halides is 6. The zero-order valence-electron chi connectivity index (χ0n) is 27.8. The number of hydrogen-bond donors (Lipinski definition) is 4. The molecule has 19 heteroatoms. The minimum Gasteiger partial charge on any atom is -0.475 e. The zero-order valence-corrected chi connectivity index (χ0v) is 29.4. The first-order valence-electron chi connectivity index (χ1n) is 15.8. The number of hydrogen-bond acceptors (Lipinski definition) is 10. The van der Waals surface area contributed by atoms with E-state index >= 15 is 0 Å². The Kier molecular flexibility index (Phi) is 14.1. The van der Waals surface area contributed by atoms with Crippen LogP contribution in [-0.4, -0.2) is 75.3 Å². The number of aliphatic carboxylic acids is 2. The van der Waals surface area contributed by atoms with E-state index in [9.17, 15) is 31.1 Å². The molecule has 2 aliphatic rings. The third-order valence-electron chi connectivity index (χ3n) is 7.59. The van der Waals surface area contributed by atoms with Crippen molar-refractivity contribution in [3.8, 4) is 11.5 Å². The van der Waals surface area contributed by atoms with Crippen molar-refractivity contribution in [1.29, 1.82) is 0 Å². The number of rotatable bonds is 8. The number of aromatic nitrogens is 2. The normalized spacial score (nSPS) is 14.8. The molecule has 1 fully saturated rings. The number of nitrogens with one attached hydrogen (secondary N) is 2. The van der Waals surface area contributed by atoms with Crippen LogP contribution in [0.25, 0.3) is 0 Å². The number of benzene rings is 2. The molecule has 1 amide bonds. The first kappa shape index (κ1) is 40.9. The molecule has 0 radical (unpaired) electrons. The minimum atomic E-state index is -5.08. The summed E-state index contributed by atoms with van der Waals surface area (Å²) in [6, 6.07) is 21.8. The van der Waals surface area contributed by atoms with Crippen LogP contribution in [-0.2, 0) is 20.8 Å². The number of carbonyl (C=O) groups excluding carboxylic acids is 1. The molecular weight excluding hydrogens is 753 g/mol. The predicted molar refractivity (Wildman–Crippen MR) is 186 cm³/mol. The quantitative estimate of drug-likeness (QED) is 0.103. The SMILES string of the molecule is Cc1csc(Nc2nc(SC(C(=O)N3CCc4ccccc43)C3CCNCC3)ccc2Oc2ccccc2)n1.O=C(O)C(F)(F)F.O=C(O)C(F)(F)F. The number of aryl methyl sites for hydroxylation is 1. The summed E-state index contributed by atoms with van der Waals surface area (Å²) in [5.41, 5.74) is 3.23. The van der Waals surface area contributed by atoms with Crippen LogP contribution < -0.4 is 20.3 Å². The number of para-hydroxylation sites is 2. The third-order valence-corrected chi connectivity index (χ3v) is 9.77. The molecule has 6 rings (SSSR count). The smallest absolute Gasteiger partial charge is 0.475 e. The van der Waals surface area contributed by atoms with Crippen molar-refractivity contribution < 1.29 is 55.7 Å². The highest BCUT2D eigenvalue weighted by molar-refractivity contribution is 8.00. The number of amides is 1. The molecule has 0 bridgehead atoms. The molecule has 0 spiro atoms. The third kappa shape index (κ3) is 12.1. The second-order valence-corrected chi connectivity index (χ2v) is 13.5. The summed E-state index contributed by atoms with van der Waals surface area (Å²) < 4.78 is 69.7. The maximum absolute atomic E-state index is 14.1. The predicted octanol–water partition coefficient (Wildman–Crippen LogP) is 7.70. The molecule has 2 aromatic carbocycles. The van der Waals surface area contributed by atoms with Gasteiger partial charge >= 0.3 is 24.3 Å². The van der Waals surface area contributed by atoms with E-state index in [4.69, 9.17) is 29.5 Å². The Balaban J connectivity index is 0.000000381. The zero-order chi connectivity index (χ0) is 38.8. The fourth-order valence-electron chi connectivity index (χ4n) is 5.14. The standard InChI is InChI=1S/C30H31N5O2S2.2C2HF3O2/c1-20-19-38-30(32-20)34-28-25(37-23-8-3-2-4-9-23)11-12-26(33-28)39-27(22-13-16-31-17-14-22)29(36)35-18-15-21-7-5-6-10-24(21)35;2*3-2(4,5)1(6)7/h2-12,19,22,27,31H,13-18H2,1H3,(H,32,33,34);2*(H,6,7). The Morgan fingerprint density at radius 2 is 1.53 bits per heavy atom. The van der Waals surface area contributed by atoms with Gasteiger partial charge in [-0.3, -0.25) is 4.79 Å². The fraction of sp³-hybridized carbons (Fsp3) is 0.324. The van der Waals surface area contributed by atoms with Crippen molar-refractivity contribution >= 4 is 57.6 Å². The van der Waals surface area contributed by atoms with Gasteiger partial charge in [-0.2, -0.15) is 26.3 Å². The highest BCUT2D eigenvalue weighted by atomic mass is 32.2.